The SMILES string of the molecule is N#CC(C[N+]1([O-])Cc2ccccc2C1=O)=C1CCNCC1. The second-order valence-electron chi connectivity index (χ2n) is 5.61. The molecule has 1 amide bonds. The minimum Gasteiger partial charge on any atom is -0.624 e. The maximum Gasteiger partial charge on any atom is 0.346 e. The summed E-state index contributed by atoms with van der Waals surface area (Å²) in [5, 5.41) is 25.5. The lowest BCUT2D eigenvalue weighted by Crippen LogP contribution is -2.44. The number of nitrogens with one attached hydrogen (secondary N) is 1. The molecule has 1 fully saturated rings. The van der Waals surface area contributed by atoms with Crippen molar-refractivity contribution in [3.63, 3.8) is 0 Å². The van der Waals surface area contributed by atoms with E-state index in [1.54, 1.807) is 12.1 Å². The van der Waals surface area contributed by atoms with Gasteiger partial charge in [0.15, 0.2) is 0 Å². The molecule has 2 heterocycles. The number of quaternary nitrogens is 1. The van der Waals surface area contributed by atoms with Crippen LogP contribution < -0.4 is 5.32 Å². The molecule has 1 aromatic rings. The molecule has 0 radical (unpaired) electrons. The van der Waals surface area contributed by atoms with Gasteiger partial charge >= 0.3 is 5.91 Å². The zero-order valence-electron chi connectivity index (χ0n) is 11.8. The zero-order chi connectivity index (χ0) is 14.9. The summed E-state index contributed by atoms with van der Waals surface area (Å²) in [6.07, 6.45) is 1.56. The third-order valence-corrected chi connectivity index (χ3v) is 4.23. The van der Waals surface area contributed by atoms with Crippen LogP contribution in [-0.2, 0) is 6.54 Å². The van der Waals surface area contributed by atoms with Crippen LogP contribution in [0.3, 0.4) is 0 Å². The van der Waals surface area contributed by atoms with Gasteiger partial charge in [-0.15, -0.1) is 0 Å². The summed E-state index contributed by atoms with van der Waals surface area (Å²) in [4.78, 5) is 12.4. The summed E-state index contributed by atoms with van der Waals surface area (Å²) in [6, 6.07) is 9.26. The Bertz CT molecular complexity index is 652. The van der Waals surface area contributed by atoms with Crippen LogP contribution in [0, 0.1) is 16.5 Å². The summed E-state index contributed by atoms with van der Waals surface area (Å²) in [6.45, 7) is 1.74. The lowest BCUT2D eigenvalue weighted by molar-refractivity contribution is -0.801. The fourth-order valence-electron chi connectivity index (χ4n) is 3.07. The molecule has 1 N–H and O–H groups in total. The van der Waals surface area contributed by atoms with Crippen molar-refractivity contribution in [1.82, 2.24) is 5.32 Å². The molecule has 1 saturated heterocycles. The molecule has 0 aliphatic carbocycles. The molecule has 5 nitrogen and oxygen atoms in total. The Morgan fingerprint density at radius 3 is 2.71 bits per heavy atom. The van der Waals surface area contributed by atoms with E-state index in [1.807, 2.05) is 12.1 Å². The van der Waals surface area contributed by atoms with Crippen LogP contribution in [0.25, 0.3) is 0 Å². The highest BCUT2D eigenvalue weighted by Gasteiger charge is 2.39. The fraction of sp³-hybridized carbons (Fsp3) is 0.375. The number of carbonyl (C=O) groups is 1. The molecular formula is C16H17N3O2. The molecule has 5 heteroatoms. The lowest BCUT2D eigenvalue weighted by Gasteiger charge is -2.35. The van der Waals surface area contributed by atoms with Gasteiger partial charge in [-0.1, -0.05) is 18.2 Å². The van der Waals surface area contributed by atoms with Gasteiger partial charge < -0.3 is 10.5 Å². The third kappa shape index (κ3) is 2.49. The maximum atomic E-state index is 12.9. The minimum atomic E-state index is -0.959. The molecule has 0 aromatic heterocycles. The summed E-state index contributed by atoms with van der Waals surface area (Å²) < 4.78 is -0.959. The van der Waals surface area contributed by atoms with Gasteiger partial charge in [0, 0.05) is 5.56 Å². The van der Waals surface area contributed by atoms with Gasteiger partial charge in [0.1, 0.15) is 19.2 Å². The third-order valence-electron chi connectivity index (χ3n) is 4.23. The molecule has 3 rings (SSSR count). The van der Waals surface area contributed by atoms with Crippen molar-refractivity contribution in [1.29, 1.82) is 5.26 Å². The van der Waals surface area contributed by atoms with Gasteiger partial charge in [-0.05, 0) is 37.6 Å². The Morgan fingerprint density at radius 1 is 1.33 bits per heavy atom. The van der Waals surface area contributed by atoms with Crippen molar-refractivity contribution in [3.8, 4) is 6.07 Å². The molecule has 1 unspecified atom stereocenters. The molecule has 1 aromatic carbocycles. The second-order valence-corrected chi connectivity index (χ2v) is 5.61. The van der Waals surface area contributed by atoms with Crippen LogP contribution in [0.15, 0.2) is 35.4 Å². The van der Waals surface area contributed by atoms with Gasteiger partial charge in [-0.25, -0.2) is 4.79 Å². The molecule has 2 aliphatic heterocycles. The van der Waals surface area contributed by atoms with Gasteiger partial charge in [0.05, 0.1) is 11.1 Å². The van der Waals surface area contributed by atoms with Crippen LogP contribution in [0.4, 0.5) is 0 Å². The van der Waals surface area contributed by atoms with Crippen molar-refractivity contribution < 1.29 is 9.44 Å². The fourth-order valence-corrected chi connectivity index (χ4v) is 3.07. The summed E-state index contributed by atoms with van der Waals surface area (Å²) in [5.41, 5.74) is 2.80. The Balaban J connectivity index is 1.88. The van der Waals surface area contributed by atoms with Gasteiger partial charge in [-0.2, -0.15) is 5.26 Å². The number of fused-ring (bicyclic) bond motifs is 1. The number of amides is 1. The highest BCUT2D eigenvalue weighted by atomic mass is 16.6. The first-order chi connectivity index (χ1) is 10.1. The number of benzene rings is 1. The van der Waals surface area contributed by atoms with E-state index in [2.05, 4.69) is 11.4 Å². The van der Waals surface area contributed by atoms with Crippen LogP contribution in [0.5, 0.6) is 0 Å². The Kier molecular flexibility index (Phi) is 3.60. The number of rotatable bonds is 2. The number of carbonyl (C=O) groups excluding carboxylic acids is 1. The maximum absolute atomic E-state index is 12.9. The first-order valence-corrected chi connectivity index (χ1v) is 7.17. The number of piperidine rings is 1. The number of nitrogens with zero attached hydrogens (tertiary/aromatic N) is 2. The van der Waals surface area contributed by atoms with E-state index in [0.29, 0.717) is 11.1 Å². The average molecular weight is 283 g/mol. The normalized spacial score (nSPS) is 24.6. The highest BCUT2D eigenvalue weighted by molar-refractivity contribution is 5.93. The summed E-state index contributed by atoms with van der Waals surface area (Å²) in [7, 11) is 0. The Labute approximate surface area is 123 Å². The zero-order valence-corrected chi connectivity index (χ0v) is 11.8. The lowest BCUT2D eigenvalue weighted by atomic mass is 9.99. The Morgan fingerprint density at radius 2 is 2.05 bits per heavy atom. The number of nitriles is 1. The number of hydrogen-bond donors (Lipinski definition) is 1. The second kappa shape index (κ2) is 5.41. The van der Waals surface area contributed by atoms with Crippen molar-refractivity contribution in [2.75, 3.05) is 19.6 Å². The van der Waals surface area contributed by atoms with Crippen molar-refractivity contribution >= 4 is 5.91 Å². The number of hydroxylamine groups is 3. The molecule has 0 bridgehead atoms. The molecule has 21 heavy (non-hydrogen) atoms. The Hall–Kier alpha value is -2.00. The quantitative estimate of drug-likeness (QED) is 0.510. The molecule has 0 saturated carbocycles. The van der Waals surface area contributed by atoms with Crippen LogP contribution in [-0.4, -0.2) is 30.2 Å². The van der Waals surface area contributed by atoms with E-state index in [1.165, 1.54) is 0 Å². The standard InChI is InChI=1S/C16H17N3O2/c17-9-14(12-5-7-18-8-6-12)11-19(21)10-13-3-1-2-4-15(13)16(19)20/h1-4,18H,5-8,10-11H2. The first kappa shape index (κ1) is 14.0. The highest BCUT2D eigenvalue weighted by Crippen LogP contribution is 2.31. The first-order valence-electron chi connectivity index (χ1n) is 7.17. The van der Waals surface area contributed by atoms with Crippen molar-refractivity contribution in [3.05, 3.63) is 51.7 Å². The van der Waals surface area contributed by atoms with E-state index in [0.717, 1.165) is 37.1 Å². The average Bonchev–Trinajstić information content (AvgIpc) is 2.78. The predicted molar refractivity (Wildman–Crippen MR) is 77.7 cm³/mol. The van der Waals surface area contributed by atoms with E-state index in [-0.39, 0.29) is 13.1 Å². The minimum absolute atomic E-state index is 0.0423. The van der Waals surface area contributed by atoms with Gasteiger partial charge in [-0.3, -0.25) is 4.65 Å². The van der Waals surface area contributed by atoms with E-state index in [9.17, 15) is 15.3 Å². The smallest absolute Gasteiger partial charge is 0.346 e. The topological polar surface area (TPSA) is 75.9 Å². The van der Waals surface area contributed by atoms with E-state index >= 15 is 0 Å². The van der Waals surface area contributed by atoms with Gasteiger partial charge in [0.25, 0.3) is 0 Å². The van der Waals surface area contributed by atoms with Crippen LogP contribution >= 0.6 is 0 Å². The number of hydrogen-bond acceptors (Lipinski definition) is 4. The molecule has 2 aliphatic rings. The van der Waals surface area contributed by atoms with Crippen LogP contribution in [0.2, 0.25) is 0 Å². The molecule has 108 valence electrons. The van der Waals surface area contributed by atoms with Crippen molar-refractivity contribution in [2.24, 2.45) is 0 Å². The molecular weight excluding hydrogens is 266 g/mol. The van der Waals surface area contributed by atoms with Crippen molar-refractivity contribution in [2.45, 2.75) is 19.4 Å². The largest absolute Gasteiger partial charge is 0.624 e. The summed E-state index contributed by atoms with van der Waals surface area (Å²) in [5.74, 6) is -0.423. The van der Waals surface area contributed by atoms with E-state index < -0.39 is 10.6 Å². The van der Waals surface area contributed by atoms with E-state index in [4.69, 9.17) is 0 Å². The predicted octanol–water partition coefficient (Wildman–Crippen LogP) is 1.86. The monoisotopic (exact) mass is 283 g/mol. The van der Waals surface area contributed by atoms with Crippen LogP contribution in [0.1, 0.15) is 28.8 Å². The van der Waals surface area contributed by atoms with Gasteiger partial charge in [0.2, 0.25) is 0 Å². The molecule has 0 spiro atoms. The molecule has 1 atom stereocenters. The summed E-state index contributed by atoms with van der Waals surface area (Å²) >= 11 is 0.